The number of H-pyrrole nitrogens is 1. The van der Waals surface area contributed by atoms with E-state index in [0.717, 1.165) is 23.0 Å². The van der Waals surface area contributed by atoms with Crippen molar-refractivity contribution in [3.8, 4) is 0 Å². The Kier molecular flexibility index (Phi) is 2.82. The first-order valence-electron chi connectivity index (χ1n) is 6.20. The molecule has 0 fully saturated rings. The van der Waals surface area contributed by atoms with Gasteiger partial charge in [0.15, 0.2) is 0 Å². The van der Waals surface area contributed by atoms with Gasteiger partial charge in [-0.1, -0.05) is 18.7 Å². The minimum atomic E-state index is 0.594. The maximum absolute atomic E-state index is 4.59. The molecule has 2 heterocycles. The number of anilines is 1. The van der Waals surface area contributed by atoms with Crippen LogP contribution in [0.25, 0.3) is 10.9 Å². The van der Waals surface area contributed by atoms with E-state index in [9.17, 15) is 0 Å². The number of aromatic amines is 1. The average molecular weight is 259 g/mol. The maximum atomic E-state index is 4.59. The number of aryl methyl sites for hydroxylation is 1. The zero-order valence-electron chi connectivity index (χ0n) is 10.9. The van der Waals surface area contributed by atoms with Crippen LogP contribution in [0.1, 0.15) is 18.2 Å². The average Bonchev–Trinajstić information content (AvgIpc) is 2.93. The molecule has 18 heavy (non-hydrogen) atoms. The van der Waals surface area contributed by atoms with E-state index in [2.05, 4.69) is 47.3 Å². The molecule has 0 saturated carbocycles. The molecule has 4 heteroatoms. The molecule has 0 aliphatic carbocycles. The van der Waals surface area contributed by atoms with Crippen LogP contribution in [-0.4, -0.2) is 28.9 Å². The van der Waals surface area contributed by atoms with Crippen LogP contribution in [0.5, 0.6) is 0 Å². The van der Waals surface area contributed by atoms with E-state index >= 15 is 0 Å². The third-order valence-electron chi connectivity index (χ3n) is 3.18. The lowest BCUT2D eigenvalue weighted by atomic mass is 10.1. The number of nitrogens with zero attached hydrogens (tertiary/aromatic N) is 1. The van der Waals surface area contributed by atoms with Crippen molar-refractivity contribution < 1.29 is 0 Å². The number of thioether (sulfide) groups is 1. The Morgan fingerprint density at radius 2 is 2.22 bits per heavy atom. The lowest BCUT2D eigenvalue weighted by Crippen LogP contribution is -1.95. The van der Waals surface area contributed by atoms with Crippen molar-refractivity contribution in [2.45, 2.75) is 19.1 Å². The number of aliphatic imine (C=N–C) groups is 1. The van der Waals surface area contributed by atoms with E-state index in [0.29, 0.717) is 5.25 Å². The minimum absolute atomic E-state index is 0.594. The van der Waals surface area contributed by atoms with Gasteiger partial charge in [0.05, 0.1) is 23.4 Å². The highest BCUT2D eigenvalue weighted by molar-refractivity contribution is 8.15. The molecule has 2 N–H and O–H groups in total. The molecule has 1 unspecified atom stereocenters. The molecule has 0 saturated heterocycles. The monoisotopic (exact) mass is 259 g/mol. The van der Waals surface area contributed by atoms with Crippen molar-refractivity contribution in [2.24, 2.45) is 4.99 Å². The van der Waals surface area contributed by atoms with Gasteiger partial charge in [-0.3, -0.25) is 4.99 Å². The molecule has 0 bridgehead atoms. The SMILES string of the molecule is CNc1cc(C)cc2cc(C3=NCC(C)S3)[nH]c12. The molecule has 1 aliphatic rings. The predicted octanol–water partition coefficient (Wildman–Crippen LogP) is 3.40. The van der Waals surface area contributed by atoms with Crippen molar-refractivity contribution >= 4 is 33.4 Å². The van der Waals surface area contributed by atoms with Crippen molar-refractivity contribution in [3.63, 3.8) is 0 Å². The van der Waals surface area contributed by atoms with E-state index in [1.807, 2.05) is 18.8 Å². The van der Waals surface area contributed by atoms with Gasteiger partial charge in [0.25, 0.3) is 0 Å². The fourth-order valence-electron chi connectivity index (χ4n) is 2.33. The molecule has 1 aromatic carbocycles. The van der Waals surface area contributed by atoms with Crippen molar-refractivity contribution in [1.82, 2.24) is 4.98 Å². The van der Waals surface area contributed by atoms with Gasteiger partial charge in [-0.15, -0.1) is 0 Å². The highest BCUT2D eigenvalue weighted by Gasteiger charge is 2.18. The Labute approximate surface area is 111 Å². The highest BCUT2D eigenvalue weighted by atomic mass is 32.2. The van der Waals surface area contributed by atoms with Gasteiger partial charge in [-0.05, 0) is 30.7 Å². The molecular formula is C14H17N3S. The molecule has 1 atom stereocenters. The van der Waals surface area contributed by atoms with Gasteiger partial charge in [-0.2, -0.15) is 0 Å². The van der Waals surface area contributed by atoms with Crippen LogP contribution in [-0.2, 0) is 0 Å². The van der Waals surface area contributed by atoms with Gasteiger partial charge in [0, 0.05) is 17.7 Å². The highest BCUT2D eigenvalue weighted by Crippen LogP contribution is 2.30. The summed E-state index contributed by atoms with van der Waals surface area (Å²) in [6.07, 6.45) is 0. The third kappa shape index (κ3) is 1.90. The number of benzene rings is 1. The Morgan fingerprint density at radius 1 is 1.39 bits per heavy atom. The molecule has 94 valence electrons. The summed E-state index contributed by atoms with van der Waals surface area (Å²) in [4.78, 5) is 8.08. The quantitative estimate of drug-likeness (QED) is 0.867. The van der Waals surface area contributed by atoms with Crippen LogP contribution in [0.2, 0.25) is 0 Å². The lowest BCUT2D eigenvalue weighted by molar-refractivity contribution is 0.976. The van der Waals surface area contributed by atoms with Crippen LogP contribution in [0, 0.1) is 6.92 Å². The molecule has 0 amide bonds. The van der Waals surface area contributed by atoms with Gasteiger partial charge in [-0.25, -0.2) is 0 Å². The Bertz CT molecular complexity index is 627. The summed E-state index contributed by atoms with van der Waals surface area (Å²) in [6.45, 7) is 5.26. The summed E-state index contributed by atoms with van der Waals surface area (Å²) >= 11 is 1.85. The maximum Gasteiger partial charge on any atom is 0.114 e. The zero-order chi connectivity index (χ0) is 12.7. The first kappa shape index (κ1) is 11.7. The summed E-state index contributed by atoms with van der Waals surface area (Å²) < 4.78 is 0. The van der Waals surface area contributed by atoms with Crippen LogP contribution in [0.3, 0.4) is 0 Å². The lowest BCUT2D eigenvalue weighted by Gasteiger charge is -2.03. The Hall–Kier alpha value is -1.42. The third-order valence-corrected chi connectivity index (χ3v) is 4.30. The van der Waals surface area contributed by atoms with Crippen LogP contribution < -0.4 is 5.32 Å². The molecule has 1 aromatic heterocycles. The number of hydrogen-bond acceptors (Lipinski definition) is 3. The second kappa shape index (κ2) is 4.35. The van der Waals surface area contributed by atoms with Gasteiger partial charge >= 0.3 is 0 Å². The molecule has 3 nitrogen and oxygen atoms in total. The molecular weight excluding hydrogens is 242 g/mol. The fourth-order valence-corrected chi connectivity index (χ4v) is 3.25. The van der Waals surface area contributed by atoms with Crippen LogP contribution in [0.4, 0.5) is 5.69 Å². The summed E-state index contributed by atoms with van der Waals surface area (Å²) in [6, 6.07) is 6.57. The summed E-state index contributed by atoms with van der Waals surface area (Å²) in [7, 11) is 1.96. The predicted molar refractivity (Wildman–Crippen MR) is 81.0 cm³/mol. The van der Waals surface area contributed by atoms with Crippen molar-refractivity contribution in [2.75, 3.05) is 18.9 Å². The second-order valence-electron chi connectivity index (χ2n) is 4.78. The number of aromatic nitrogens is 1. The minimum Gasteiger partial charge on any atom is -0.386 e. The Morgan fingerprint density at radius 3 is 2.89 bits per heavy atom. The molecule has 3 rings (SSSR count). The summed E-state index contributed by atoms with van der Waals surface area (Å²) in [5, 5.41) is 6.22. The van der Waals surface area contributed by atoms with Crippen molar-refractivity contribution in [1.29, 1.82) is 0 Å². The summed E-state index contributed by atoms with van der Waals surface area (Å²) in [5.74, 6) is 0. The molecule has 0 radical (unpaired) electrons. The first-order valence-corrected chi connectivity index (χ1v) is 7.08. The van der Waals surface area contributed by atoms with E-state index < -0.39 is 0 Å². The van der Waals surface area contributed by atoms with Gasteiger partial charge in [0.1, 0.15) is 5.04 Å². The number of fused-ring (bicyclic) bond motifs is 1. The summed E-state index contributed by atoms with van der Waals surface area (Å²) in [5.41, 5.74) is 4.72. The number of nitrogens with one attached hydrogen (secondary N) is 2. The van der Waals surface area contributed by atoms with Gasteiger partial charge < -0.3 is 10.3 Å². The Balaban J connectivity index is 2.11. The molecule has 2 aromatic rings. The number of rotatable bonds is 2. The molecule has 1 aliphatic heterocycles. The van der Waals surface area contributed by atoms with E-state index in [-0.39, 0.29) is 0 Å². The topological polar surface area (TPSA) is 40.2 Å². The normalized spacial score (nSPS) is 19.3. The zero-order valence-corrected chi connectivity index (χ0v) is 11.7. The smallest absolute Gasteiger partial charge is 0.114 e. The van der Waals surface area contributed by atoms with Crippen LogP contribution in [0.15, 0.2) is 23.2 Å². The van der Waals surface area contributed by atoms with Crippen LogP contribution >= 0.6 is 11.8 Å². The standard InChI is InChI=1S/C14H17N3S/c1-8-4-10-6-12(14-16-7-9(2)18-14)17-13(10)11(5-8)15-3/h4-6,9,15,17H,7H2,1-3H3. The number of hydrogen-bond donors (Lipinski definition) is 2. The fraction of sp³-hybridized carbons (Fsp3) is 0.357. The van der Waals surface area contributed by atoms with Crippen molar-refractivity contribution in [3.05, 3.63) is 29.5 Å². The largest absolute Gasteiger partial charge is 0.386 e. The second-order valence-corrected chi connectivity index (χ2v) is 6.21. The first-order chi connectivity index (χ1) is 8.67. The van der Waals surface area contributed by atoms with E-state index in [1.165, 1.54) is 16.5 Å². The van der Waals surface area contributed by atoms with Gasteiger partial charge in [0.2, 0.25) is 0 Å². The van der Waals surface area contributed by atoms with E-state index in [4.69, 9.17) is 0 Å². The van der Waals surface area contributed by atoms with E-state index in [1.54, 1.807) is 0 Å². The molecule has 0 spiro atoms.